The van der Waals surface area contributed by atoms with Crippen molar-refractivity contribution in [3.8, 4) is 11.5 Å². The van der Waals surface area contributed by atoms with Crippen LogP contribution in [0.2, 0.25) is 5.02 Å². The molecule has 2 aromatic heterocycles. The van der Waals surface area contributed by atoms with Gasteiger partial charge in [0.2, 0.25) is 0 Å². The fourth-order valence-corrected chi connectivity index (χ4v) is 4.01. The molecular formula is C21H21ClN4O3. The standard InChI is InChI=1S/C21H21ClN4O3/c22-15-4-5-19-23-16(14-26(19)12-15)13-24-6-8-25(9-7-24)21(27)17-2-1-3-18-20(17)29-11-10-28-18/h1-5,12,14H,6-11,13H2. The van der Waals surface area contributed by atoms with Crippen molar-refractivity contribution in [2.24, 2.45) is 0 Å². The van der Waals surface area contributed by atoms with Crippen LogP contribution in [0.5, 0.6) is 11.5 Å². The minimum Gasteiger partial charge on any atom is -0.486 e. The number of pyridine rings is 1. The fourth-order valence-electron chi connectivity index (χ4n) is 3.84. The van der Waals surface area contributed by atoms with Crippen LogP contribution in [0.25, 0.3) is 5.65 Å². The predicted molar refractivity (Wildman–Crippen MR) is 109 cm³/mol. The molecule has 1 aromatic carbocycles. The number of piperazine rings is 1. The summed E-state index contributed by atoms with van der Waals surface area (Å²) in [5.74, 6) is 1.21. The van der Waals surface area contributed by atoms with Crippen molar-refractivity contribution in [2.45, 2.75) is 6.54 Å². The molecule has 1 saturated heterocycles. The maximum Gasteiger partial charge on any atom is 0.257 e. The third-order valence-corrected chi connectivity index (χ3v) is 5.53. The summed E-state index contributed by atoms with van der Waals surface area (Å²) >= 11 is 6.05. The molecule has 5 rings (SSSR count). The molecule has 1 amide bonds. The number of carbonyl (C=O) groups is 1. The van der Waals surface area contributed by atoms with Gasteiger partial charge in [0.05, 0.1) is 16.3 Å². The van der Waals surface area contributed by atoms with Crippen LogP contribution in [0, 0.1) is 0 Å². The Morgan fingerprint density at radius 1 is 1.03 bits per heavy atom. The lowest BCUT2D eigenvalue weighted by Gasteiger charge is -2.34. The van der Waals surface area contributed by atoms with Crippen molar-refractivity contribution in [3.63, 3.8) is 0 Å². The molecule has 2 aliphatic heterocycles. The van der Waals surface area contributed by atoms with Crippen LogP contribution in [-0.4, -0.2) is 64.5 Å². The summed E-state index contributed by atoms with van der Waals surface area (Å²) in [7, 11) is 0. The van der Waals surface area contributed by atoms with Gasteiger partial charge in [0, 0.05) is 45.1 Å². The first-order chi connectivity index (χ1) is 14.2. The van der Waals surface area contributed by atoms with Crippen LogP contribution < -0.4 is 9.47 Å². The van der Waals surface area contributed by atoms with E-state index in [0.29, 0.717) is 48.4 Å². The average molecular weight is 413 g/mol. The molecule has 3 aromatic rings. The topological polar surface area (TPSA) is 59.3 Å². The lowest BCUT2D eigenvalue weighted by molar-refractivity contribution is 0.0618. The first-order valence-electron chi connectivity index (χ1n) is 9.71. The Kier molecular flexibility index (Phi) is 4.77. The number of benzene rings is 1. The van der Waals surface area contributed by atoms with E-state index in [2.05, 4.69) is 9.88 Å². The number of nitrogens with zero attached hydrogens (tertiary/aromatic N) is 4. The largest absolute Gasteiger partial charge is 0.486 e. The maximum absolute atomic E-state index is 13.0. The number of para-hydroxylation sites is 1. The van der Waals surface area contributed by atoms with Gasteiger partial charge in [-0.15, -0.1) is 0 Å². The van der Waals surface area contributed by atoms with Crippen molar-refractivity contribution in [2.75, 3.05) is 39.4 Å². The van der Waals surface area contributed by atoms with Crippen LogP contribution in [0.4, 0.5) is 0 Å². The van der Waals surface area contributed by atoms with E-state index >= 15 is 0 Å². The van der Waals surface area contributed by atoms with Gasteiger partial charge in [-0.1, -0.05) is 17.7 Å². The third kappa shape index (κ3) is 3.63. The van der Waals surface area contributed by atoms with E-state index in [-0.39, 0.29) is 5.91 Å². The van der Waals surface area contributed by atoms with Crippen LogP contribution in [-0.2, 0) is 6.54 Å². The van der Waals surface area contributed by atoms with Crippen LogP contribution >= 0.6 is 11.6 Å². The summed E-state index contributed by atoms with van der Waals surface area (Å²) in [6.07, 6.45) is 3.86. The van der Waals surface area contributed by atoms with Crippen LogP contribution in [0.1, 0.15) is 16.1 Å². The smallest absolute Gasteiger partial charge is 0.257 e. The number of imidazole rings is 1. The minimum atomic E-state index is -0.00521. The molecule has 0 bridgehead atoms. The second-order valence-corrected chi connectivity index (χ2v) is 7.68. The number of fused-ring (bicyclic) bond motifs is 2. The molecule has 8 heteroatoms. The zero-order valence-corrected chi connectivity index (χ0v) is 16.6. The molecule has 0 spiro atoms. The van der Waals surface area contributed by atoms with E-state index in [9.17, 15) is 4.79 Å². The SMILES string of the molecule is O=C(c1cccc2c1OCCO2)N1CCN(Cc2cn3cc(Cl)ccc3n2)CC1. The first kappa shape index (κ1) is 18.3. The number of halogens is 1. The number of carbonyl (C=O) groups excluding carboxylic acids is 1. The predicted octanol–water partition coefficient (Wildman–Crippen LogP) is 2.72. The van der Waals surface area contributed by atoms with Gasteiger partial charge in [-0.05, 0) is 24.3 Å². The summed E-state index contributed by atoms with van der Waals surface area (Å²) in [6.45, 7) is 4.66. The van der Waals surface area contributed by atoms with Gasteiger partial charge in [-0.2, -0.15) is 0 Å². The Bertz CT molecular complexity index is 1060. The molecule has 150 valence electrons. The number of hydrogen-bond acceptors (Lipinski definition) is 5. The van der Waals surface area contributed by atoms with Gasteiger partial charge in [-0.25, -0.2) is 4.98 Å². The molecule has 2 aliphatic rings. The molecule has 7 nitrogen and oxygen atoms in total. The zero-order chi connectivity index (χ0) is 19.8. The second-order valence-electron chi connectivity index (χ2n) is 7.24. The lowest BCUT2D eigenvalue weighted by atomic mass is 10.1. The normalized spacial score (nSPS) is 16.9. The van der Waals surface area contributed by atoms with Gasteiger partial charge in [0.1, 0.15) is 18.9 Å². The first-order valence-corrected chi connectivity index (χ1v) is 10.1. The van der Waals surface area contributed by atoms with Crippen molar-refractivity contribution in [3.05, 3.63) is 59.0 Å². The van der Waals surface area contributed by atoms with Crippen molar-refractivity contribution in [1.29, 1.82) is 0 Å². The Labute approximate surface area is 173 Å². The number of hydrogen-bond donors (Lipinski definition) is 0. The van der Waals surface area contributed by atoms with Gasteiger partial charge in [-0.3, -0.25) is 9.69 Å². The zero-order valence-electron chi connectivity index (χ0n) is 15.9. The molecule has 0 atom stereocenters. The maximum atomic E-state index is 13.0. The quantitative estimate of drug-likeness (QED) is 0.662. The summed E-state index contributed by atoms with van der Waals surface area (Å²) in [4.78, 5) is 21.9. The molecular weight excluding hydrogens is 392 g/mol. The van der Waals surface area contributed by atoms with E-state index in [1.165, 1.54) is 0 Å². The number of rotatable bonds is 3. The van der Waals surface area contributed by atoms with Crippen molar-refractivity contribution < 1.29 is 14.3 Å². The number of ether oxygens (including phenoxy) is 2. The highest BCUT2D eigenvalue weighted by Crippen LogP contribution is 2.34. The van der Waals surface area contributed by atoms with Crippen LogP contribution in [0.15, 0.2) is 42.7 Å². The molecule has 0 unspecified atom stereocenters. The second kappa shape index (κ2) is 7.57. The molecule has 4 heterocycles. The molecule has 0 saturated carbocycles. The van der Waals surface area contributed by atoms with E-state index in [4.69, 9.17) is 21.1 Å². The average Bonchev–Trinajstić information content (AvgIpc) is 3.14. The number of aromatic nitrogens is 2. The Morgan fingerprint density at radius 3 is 2.72 bits per heavy atom. The monoisotopic (exact) mass is 412 g/mol. The van der Waals surface area contributed by atoms with E-state index < -0.39 is 0 Å². The highest BCUT2D eigenvalue weighted by Gasteiger charge is 2.27. The summed E-state index contributed by atoms with van der Waals surface area (Å²) in [5.41, 5.74) is 2.46. The van der Waals surface area contributed by atoms with Crippen molar-refractivity contribution >= 4 is 23.2 Å². The third-order valence-electron chi connectivity index (χ3n) is 5.31. The van der Waals surface area contributed by atoms with Gasteiger partial charge in [0.25, 0.3) is 5.91 Å². The molecule has 0 N–H and O–H groups in total. The van der Waals surface area contributed by atoms with E-state index in [0.717, 1.165) is 31.0 Å². The number of amides is 1. The summed E-state index contributed by atoms with van der Waals surface area (Å²) in [5, 5.41) is 0.686. The van der Waals surface area contributed by atoms with E-state index in [1.54, 1.807) is 0 Å². The van der Waals surface area contributed by atoms with Crippen LogP contribution in [0.3, 0.4) is 0 Å². The molecule has 29 heavy (non-hydrogen) atoms. The van der Waals surface area contributed by atoms with Gasteiger partial charge >= 0.3 is 0 Å². The summed E-state index contributed by atoms with van der Waals surface area (Å²) in [6, 6.07) is 9.24. The van der Waals surface area contributed by atoms with Gasteiger partial charge in [0.15, 0.2) is 11.5 Å². The Morgan fingerprint density at radius 2 is 1.86 bits per heavy atom. The van der Waals surface area contributed by atoms with Gasteiger partial charge < -0.3 is 18.8 Å². The molecule has 1 fully saturated rings. The lowest BCUT2D eigenvalue weighted by Crippen LogP contribution is -2.48. The summed E-state index contributed by atoms with van der Waals surface area (Å²) < 4.78 is 13.2. The highest BCUT2D eigenvalue weighted by atomic mass is 35.5. The minimum absolute atomic E-state index is 0.00521. The van der Waals surface area contributed by atoms with E-state index in [1.807, 2.05) is 52.0 Å². The Hall–Kier alpha value is -2.77. The highest BCUT2D eigenvalue weighted by molar-refractivity contribution is 6.30. The Balaban J connectivity index is 1.24. The van der Waals surface area contributed by atoms with Crippen molar-refractivity contribution in [1.82, 2.24) is 19.2 Å². The molecule has 0 radical (unpaired) electrons. The fraction of sp³-hybridized carbons (Fsp3) is 0.333. The molecule has 0 aliphatic carbocycles.